The van der Waals surface area contributed by atoms with Gasteiger partial charge in [-0.1, -0.05) is 0 Å². The number of carbonyl (C=O) groups is 2. The van der Waals surface area contributed by atoms with E-state index in [1.807, 2.05) is 0 Å². The van der Waals surface area contributed by atoms with Gasteiger partial charge in [0.25, 0.3) is 0 Å². The highest BCUT2D eigenvalue weighted by molar-refractivity contribution is 7.15. The predicted molar refractivity (Wildman–Crippen MR) is 84.3 cm³/mol. The molecule has 1 atom stereocenters. The molecule has 0 fully saturated rings. The Morgan fingerprint density at radius 1 is 1.41 bits per heavy atom. The minimum Gasteiger partial charge on any atom is -0.465 e. The van der Waals surface area contributed by atoms with Crippen LogP contribution in [-0.2, 0) is 20.7 Å². The Kier molecular flexibility index (Phi) is 5.05. The van der Waals surface area contributed by atoms with E-state index in [0.717, 1.165) is 29.8 Å². The third-order valence-corrected chi connectivity index (χ3v) is 4.18. The number of nitrogens with zero attached hydrogens (tertiary/aromatic N) is 1. The van der Waals surface area contributed by atoms with Crippen molar-refractivity contribution in [2.75, 3.05) is 11.9 Å². The van der Waals surface area contributed by atoms with Crippen LogP contribution in [0.1, 0.15) is 57.0 Å². The number of hydrogen-bond acceptors (Lipinski definition) is 6. The van der Waals surface area contributed by atoms with Crippen molar-refractivity contribution in [3.05, 3.63) is 10.6 Å². The second-order valence-corrected chi connectivity index (χ2v) is 7.23. The molecule has 0 saturated heterocycles. The van der Waals surface area contributed by atoms with Crippen LogP contribution in [0.3, 0.4) is 0 Å². The Bertz CT molecular complexity index is 562. The number of anilines is 1. The summed E-state index contributed by atoms with van der Waals surface area (Å²) in [6.45, 7) is 7.55. The Labute approximate surface area is 134 Å². The van der Waals surface area contributed by atoms with Crippen molar-refractivity contribution in [2.45, 2.75) is 58.5 Å². The molecular weight excluding hydrogens is 304 g/mol. The molecular formula is C15H22N2O4S. The van der Waals surface area contributed by atoms with Crippen LogP contribution in [0, 0.1) is 0 Å². The van der Waals surface area contributed by atoms with Gasteiger partial charge in [-0.25, -0.2) is 9.78 Å². The van der Waals surface area contributed by atoms with Gasteiger partial charge in [0, 0.05) is 4.88 Å². The Hall–Kier alpha value is -1.63. The lowest BCUT2D eigenvalue weighted by Gasteiger charge is -2.19. The quantitative estimate of drug-likeness (QED) is 0.861. The van der Waals surface area contributed by atoms with Crippen LogP contribution in [0.5, 0.6) is 0 Å². The van der Waals surface area contributed by atoms with Crippen molar-refractivity contribution >= 4 is 28.5 Å². The first-order valence-electron chi connectivity index (χ1n) is 7.46. The molecule has 1 amide bonds. The highest BCUT2D eigenvalue weighted by atomic mass is 32.1. The van der Waals surface area contributed by atoms with Gasteiger partial charge in [0.15, 0.2) is 5.13 Å². The normalized spacial score (nSPS) is 17.5. The lowest BCUT2D eigenvalue weighted by molar-refractivity contribution is -0.145. The van der Waals surface area contributed by atoms with E-state index in [2.05, 4.69) is 10.3 Å². The van der Waals surface area contributed by atoms with Crippen LogP contribution >= 0.6 is 11.3 Å². The molecule has 0 radical (unpaired) electrons. The van der Waals surface area contributed by atoms with Gasteiger partial charge in [-0.05, 0) is 47.0 Å². The number of amides is 1. The minimum atomic E-state index is -0.561. The number of aromatic nitrogens is 1. The fourth-order valence-corrected chi connectivity index (χ4v) is 3.39. The molecule has 1 aliphatic rings. The first kappa shape index (κ1) is 16.7. The maximum absolute atomic E-state index is 12.0. The number of esters is 1. The van der Waals surface area contributed by atoms with Gasteiger partial charge >= 0.3 is 12.1 Å². The monoisotopic (exact) mass is 326 g/mol. The number of nitrogens with one attached hydrogen (secondary N) is 1. The SMILES string of the molecule is CCOC(=O)C1CCCc2sc(NC(=O)OC(C)(C)C)nc21. The molecule has 22 heavy (non-hydrogen) atoms. The third-order valence-electron chi connectivity index (χ3n) is 3.13. The summed E-state index contributed by atoms with van der Waals surface area (Å²) < 4.78 is 10.3. The van der Waals surface area contributed by atoms with E-state index in [-0.39, 0.29) is 11.9 Å². The molecule has 1 heterocycles. The van der Waals surface area contributed by atoms with Crippen molar-refractivity contribution in [1.82, 2.24) is 4.98 Å². The van der Waals surface area contributed by atoms with Gasteiger partial charge in [-0.2, -0.15) is 0 Å². The fraction of sp³-hybridized carbons (Fsp3) is 0.667. The number of rotatable bonds is 3. The molecule has 2 rings (SSSR count). The molecule has 1 aromatic heterocycles. The molecule has 0 aromatic carbocycles. The fourth-order valence-electron chi connectivity index (χ4n) is 2.34. The van der Waals surface area contributed by atoms with E-state index >= 15 is 0 Å². The summed E-state index contributed by atoms with van der Waals surface area (Å²) in [5, 5.41) is 3.11. The topological polar surface area (TPSA) is 77.5 Å². The molecule has 6 nitrogen and oxygen atoms in total. The van der Waals surface area contributed by atoms with Crippen LogP contribution < -0.4 is 5.32 Å². The van der Waals surface area contributed by atoms with E-state index in [9.17, 15) is 9.59 Å². The van der Waals surface area contributed by atoms with Crippen LogP contribution in [0.2, 0.25) is 0 Å². The Balaban J connectivity index is 2.11. The summed E-state index contributed by atoms with van der Waals surface area (Å²) in [5.41, 5.74) is 0.176. The molecule has 1 aliphatic carbocycles. The zero-order valence-electron chi connectivity index (χ0n) is 13.4. The lowest BCUT2D eigenvalue weighted by Crippen LogP contribution is -2.27. The van der Waals surface area contributed by atoms with Crippen LogP contribution in [0.4, 0.5) is 9.93 Å². The number of carbonyl (C=O) groups excluding carboxylic acids is 2. The molecule has 0 bridgehead atoms. The van der Waals surface area contributed by atoms with Crippen molar-refractivity contribution in [1.29, 1.82) is 0 Å². The van der Waals surface area contributed by atoms with E-state index in [4.69, 9.17) is 9.47 Å². The summed E-state index contributed by atoms with van der Waals surface area (Å²) >= 11 is 1.40. The Morgan fingerprint density at radius 2 is 2.14 bits per heavy atom. The first-order chi connectivity index (χ1) is 10.3. The largest absolute Gasteiger partial charge is 0.465 e. The zero-order chi connectivity index (χ0) is 16.3. The number of hydrogen-bond donors (Lipinski definition) is 1. The second kappa shape index (κ2) is 6.64. The molecule has 1 N–H and O–H groups in total. The van der Waals surface area contributed by atoms with Crippen molar-refractivity contribution in [3.8, 4) is 0 Å². The predicted octanol–water partition coefficient (Wildman–Crippen LogP) is 3.47. The zero-order valence-corrected chi connectivity index (χ0v) is 14.2. The van der Waals surface area contributed by atoms with Gasteiger partial charge in [0.2, 0.25) is 0 Å². The molecule has 0 aliphatic heterocycles. The van der Waals surface area contributed by atoms with E-state index in [1.165, 1.54) is 11.3 Å². The van der Waals surface area contributed by atoms with Crippen LogP contribution in [0.25, 0.3) is 0 Å². The molecule has 1 aromatic rings. The summed E-state index contributed by atoms with van der Waals surface area (Å²) in [6.07, 6.45) is 2.00. The lowest BCUT2D eigenvalue weighted by atomic mass is 9.91. The van der Waals surface area contributed by atoms with Gasteiger partial charge in [-0.3, -0.25) is 10.1 Å². The number of fused-ring (bicyclic) bond motifs is 1. The van der Waals surface area contributed by atoms with Crippen molar-refractivity contribution < 1.29 is 19.1 Å². The highest BCUT2D eigenvalue weighted by Crippen LogP contribution is 2.37. The molecule has 0 saturated carbocycles. The van der Waals surface area contributed by atoms with Crippen LogP contribution in [-0.4, -0.2) is 29.3 Å². The van der Waals surface area contributed by atoms with Crippen LogP contribution in [0.15, 0.2) is 0 Å². The van der Waals surface area contributed by atoms with E-state index < -0.39 is 11.7 Å². The minimum absolute atomic E-state index is 0.238. The summed E-state index contributed by atoms with van der Waals surface area (Å²) in [6, 6.07) is 0. The molecule has 122 valence electrons. The summed E-state index contributed by atoms with van der Waals surface area (Å²) in [5.74, 6) is -0.563. The average Bonchev–Trinajstić information content (AvgIpc) is 2.78. The number of ether oxygens (including phenoxy) is 2. The standard InChI is InChI=1S/C15H22N2O4S/c1-5-20-12(18)9-7-6-8-10-11(9)16-13(22-10)17-14(19)21-15(2,3)4/h9H,5-8H2,1-4H3,(H,16,17,19). The smallest absolute Gasteiger partial charge is 0.413 e. The van der Waals surface area contributed by atoms with Gasteiger partial charge < -0.3 is 9.47 Å². The maximum Gasteiger partial charge on any atom is 0.413 e. The highest BCUT2D eigenvalue weighted by Gasteiger charge is 2.31. The number of thiazole rings is 1. The maximum atomic E-state index is 12.0. The van der Waals surface area contributed by atoms with Crippen molar-refractivity contribution in [3.63, 3.8) is 0 Å². The third kappa shape index (κ3) is 4.19. The van der Waals surface area contributed by atoms with Gasteiger partial charge in [0.05, 0.1) is 12.3 Å². The molecule has 1 unspecified atom stereocenters. The van der Waals surface area contributed by atoms with E-state index in [0.29, 0.717) is 11.7 Å². The Morgan fingerprint density at radius 3 is 2.77 bits per heavy atom. The summed E-state index contributed by atoms with van der Waals surface area (Å²) in [4.78, 5) is 29.3. The van der Waals surface area contributed by atoms with Gasteiger partial charge in [-0.15, -0.1) is 11.3 Å². The van der Waals surface area contributed by atoms with Crippen molar-refractivity contribution in [2.24, 2.45) is 0 Å². The molecule has 0 spiro atoms. The average molecular weight is 326 g/mol. The summed E-state index contributed by atoms with van der Waals surface area (Å²) in [7, 11) is 0. The number of aryl methyl sites for hydroxylation is 1. The van der Waals surface area contributed by atoms with E-state index in [1.54, 1.807) is 27.7 Å². The second-order valence-electron chi connectivity index (χ2n) is 6.15. The molecule has 7 heteroatoms. The first-order valence-corrected chi connectivity index (χ1v) is 8.28. The van der Waals surface area contributed by atoms with Gasteiger partial charge in [0.1, 0.15) is 11.5 Å².